The first-order chi connectivity index (χ1) is 9.15. The van der Waals surface area contributed by atoms with Crippen LogP contribution in [0.4, 0.5) is 5.69 Å². The van der Waals surface area contributed by atoms with Gasteiger partial charge in [-0.25, -0.2) is 4.98 Å². The maximum absolute atomic E-state index is 12.0. The van der Waals surface area contributed by atoms with Gasteiger partial charge in [0.25, 0.3) is 0 Å². The molecule has 0 spiro atoms. The van der Waals surface area contributed by atoms with Crippen LogP contribution in [0.2, 0.25) is 0 Å². The smallest absolute Gasteiger partial charge is 0.242 e. The van der Waals surface area contributed by atoms with Crippen molar-refractivity contribution in [1.29, 1.82) is 0 Å². The lowest BCUT2D eigenvalue weighted by Gasteiger charge is -2.10. The Morgan fingerprint density at radius 2 is 2.42 bits per heavy atom. The van der Waals surface area contributed by atoms with Gasteiger partial charge in [-0.15, -0.1) is 11.8 Å². The highest BCUT2D eigenvalue weighted by Gasteiger charge is 2.22. The molecule has 2 heterocycles. The van der Waals surface area contributed by atoms with E-state index in [1.165, 1.54) is 0 Å². The summed E-state index contributed by atoms with van der Waals surface area (Å²) in [5.41, 5.74) is 2.78. The van der Waals surface area contributed by atoms with E-state index in [2.05, 4.69) is 15.6 Å². The standard InChI is InChI=1S/C13H16N4OS/c1-8-15-10-5-9(3-4-12(10)17(8)2)16-13(18)11-6-19-7-14-11/h3-5,11,14H,6-7H2,1-2H3,(H,16,18). The summed E-state index contributed by atoms with van der Waals surface area (Å²) in [5, 5.41) is 6.10. The summed E-state index contributed by atoms with van der Waals surface area (Å²) in [6.45, 7) is 1.97. The van der Waals surface area contributed by atoms with E-state index in [4.69, 9.17) is 0 Å². The maximum atomic E-state index is 12.0. The summed E-state index contributed by atoms with van der Waals surface area (Å²) in [7, 11) is 1.99. The lowest BCUT2D eigenvalue weighted by molar-refractivity contribution is -0.117. The third kappa shape index (κ3) is 2.33. The fraction of sp³-hybridized carbons (Fsp3) is 0.385. The largest absolute Gasteiger partial charge is 0.331 e. The van der Waals surface area contributed by atoms with Crippen molar-refractivity contribution >= 4 is 34.4 Å². The first-order valence-electron chi connectivity index (χ1n) is 6.20. The molecule has 19 heavy (non-hydrogen) atoms. The van der Waals surface area contributed by atoms with E-state index in [0.29, 0.717) is 0 Å². The number of fused-ring (bicyclic) bond motifs is 1. The number of carbonyl (C=O) groups is 1. The molecule has 0 radical (unpaired) electrons. The summed E-state index contributed by atoms with van der Waals surface area (Å²) in [5.74, 6) is 2.66. The van der Waals surface area contributed by atoms with Gasteiger partial charge in [0, 0.05) is 24.4 Å². The SMILES string of the molecule is Cc1nc2cc(NC(=O)C3CSCN3)ccc2n1C. The molecule has 1 aromatic heterocycles. The highest BCUT2D eigenvalue weighted by atomic mass is 32.2. The van der Waals surface area contributed by atoms with Gasteiger partial charge in [-0.1, -0.05) is 0 Å². The monoisotopic (exact) mass is 276 g/mol. The molecule has 0 saturated carbocycles. The molecule has 1 amide bonds. The van der Waals surface area contributed by atoms with Crippen molar-refractivity contribution < 1.29 is 4.79 Å². The lowest BCUT2D eigenvalue weighted by atomic mass is 10.2. The molecule has 1 saturated heterocycles. The first kappa shape index (κ1) is 12.5. The molecule has 3 rings (SSSR count). The topological polar surface area (TPSA) is 59.0 Å². The lowest BCUT2D eigenvalue weighted by Crippen LogP contribution is -2.37. The van der Waals surface area contributed by atoms with Gasteiger partial charge in [0.05, 0.1) is 17.1 Å². The van der Waals surface area contributed by atoms with Crippen LogP contribution in [-0.2, 0) is 11.8 Å². The predicted octanol–water partition coefficient (Wildman–Crippen LogP) is 1.48. The Hall–Kier alpha value is -1.53. The molecule has 0 bridgehead atoms. The average Bonchev–Trinajstić information content (AvgIpc) is 2.99. The van der Waals surface area contributed by atoms with Crippen LogP contribution in [0.15, 0.2) is 18.2 Å². The quantitative estimate of drug-likeness (QED) is 0.872. The molecular formula is C13H16N4OS. The number of rotatable bonds is 2. The number of nitrogens with one attached hydrogen (secondary N) is 2. The highest BCUT2D eigenvalue weighted by molar-refractivity contribution is 7.99. The van der Waals surface area contributed by atoms with Gasteiger partial charge in [-0.2, -0.15) is 0 Å². The molecular weight excluding hydrogens is 260 g/mol. The molecule has 1 fully saturated rings. The summed E-state index contributed by atoms with van der Waals surface area (Å²) in [6, 6.07) is 5.74. The Balaban J connectivity index is 1.83. The Kier molecular flexibility index (Phi) is 3.20. The number of benzene rings is 1. The van der Waals surface area contributed by atoms with Gasteiger partial charge < -0.3 is 9.88 Å². The van der Waals surface area contributed by atoms with Gasteiger partial charge in [0.15, 0.2) is 0 Å². The molecule has 0 aliphatic carbocycles. The minimum absolute atomic E-state index is 0.0250. The molecule has 1 aliphatic heterocycles. The predicted molar refractivity (Wildman–Crippen MR) is 78.3 cm³/mol. The van der Waals surface area contributed by atoms with Gasteiger partial charge >= 0.3 is 0 Å². The summed E-state index contributed by atoms with van der Waals surface area (Å²) < 4.78 is 2.04. The molecule has 1 atom stereocenters. The van der Waals surface area contributed by atoms with E-state index in [1.54, 1.807) is 11.8 Å². The Labute approximate surface area is 115 Å². The normalized spacial score (nSPS) is 18.9. The van der Waals surface area contributed by atoms with Crippen molar-refractivity contribution in [1.82, 2.24) is 14.9 Å². The Bertz CT molecular complexity index is 631. The molecule has 2 aromatic rings. The van der Waals surface area contributed by atoms with Crippen molar-refractivity contribution in [2.45, 2.75) is 13.0 Å². The van der Waals surface area contributed by atoms with Crippen LogP contribution in [0.3, 0.4) is 0 Å². The van der Waals surface area contributed by atoms with Crippen LogP contribution >= 0.6 is 11.8 Å². The number of hydrogen-bond acceptors (Lipinski definition) is 4. The second kappa shape index (κ2) is 4.86. The second-order valence-electron chi connectivity index (χ2n) is 4.68. The minimum atomic E-state index is -0.0915. The number of imidazole rings is 1. The number of carbonyl (C=O) groups excluding carboxylic acids is 1. The fourth-order valence-corrected chi connectivity index (χ4v) is 3.13. The Morgan fingerprint density at radius 3 is 3.16 bits per heavy atom. The second-order valence-corrected chi connectivity index (χ2v) is 5.71. The van der Waals surface area contributed by atoms with Crippen LogP contribution in [0.5, 0.6) is 0 Å². The van der Waals surface area contributed by atoms with E-state index < -0.39 is 0 Å². The first-order valence-corrected chi connectivity index (χ1v) is 7.36. The van der Waals surface area contributed by atoms with Crippen LogP contribution in [-0.4, -0.2) is 33.1 Å². The zero-order valence-corrected chi connectivity index (χ0v) is 11.8. The molecule has 6 heteroatoms. The van der Waals surface area contributed by atoms with Gasteiger partial charge in [0.2, 0.25) is 5.91 Å². The van der Waals surface area contributed by atoms with E-state index >= 15 is 0 Å². The molecule has 1 aliphatic rings. The average molecular weight is 276 g/mol. The fourth-order valence-electron chi connectivity index (χ4n) is 2.19. The van der Waals surface area contributed by atoms with Gasteiger partial charge in [0.1, 0.15) is 5.82 Å². The molecule has 100 valence electrons. The number of anilines is 1. The van der Waals surface area contributed by atoms with Gasteiger partial charge in [-0.05, 0) is 25.1 Å². The summed E-state index contributed by atoms with van der Waals surface area (Å²) >= 11 is 1.74. The third-order valence-electron chi connectivity index (χ3n) is 3.40. The van der Waals surface area contributed by atoms with Crippen LogP contribution in [0.25, 0.3) is 11.0 Å². The van der Waals surface area contributed by atoms with Crippen LogP contribution in [0.1, 0.15) is 5.82 Å². The molecule has 1 unspecified atom stereocenters. The highest BCUT2D eigenvalue weighted by Crippen LogP contribution is 2.20. The molecule has 2 N–H and O–H groups in total. The van der Waals surface area contributed by atoms with Crippen molar-refractivity contribution in [3.63, 3.8) is 0 Å². The number of amides is 1. The van der Waals surface area contributed by atoms with Gasteiger partial charge in [-0.3, -0.25) is 10.1 Å². The number of aromatic nitrogens is 2. The summed E-state index contributed by atoms with van der Waals surface area (Å²) in [4.78, 5) is 16.5. The van der Waals surface area contributed by atoms with E-state index in [0.717, 1.165) is 34.2 Å². The molecule has 5 nitrogen and oxygen atoms in total. The van der Waals surface area contributed by atoms with Crippen molar-refractivity contribution in [3.05, 3.63) is 24.0 Å². The maximum Gasteiger partial charge on any atom is 0.242 e. The van der Waals surface area contributed by atoms with Crippen LogP contribution < -0.4 is 10.6 Å². The third-order valence-corrected chi connectivity index (χ3v) is 4.34. The number of thioether (sulfide) groups is 1. The number of hydrogen-bond donors (Lipinski definition) is 2. The van der Waals surface area contributed by atoms with Crippen molar-refractivity contribution in [2.75, 3.05) is 16.9 Å². The molecule has 1 aromatic carbocycles. The van der Waals surface area contributed by atoms with E-state index in [1.807, 2.05) is 36.7 Å². The number of aryl methyl sites for hydroxylation is 2. The van der Waals surface area contributed by atoms with E-state index in [-0.39, 0.29) is 11.9 Å². The zero-order valence-electron chi connectivity index (χ0n) is 10.9. The summed E-state index contributed by atoms with van der Waals surface area (Å²) in [6.07, 6.45) is 0. The van der Waals surface area contributed by atoms with Crippen LogP contribution in [0, 0.1) is 6.92 Å². The van der Waals surface area contributed by atoms with E-state index in [9.17, 15) is 4.79 Å². The minimum Gasteiger partial charge on any atom is -0.331 e. The number of nitrogens with zero attached hydrogens (tertiary/aromatic N) is 2. The zero-order chi connectivity index (χ0) is 13.4. The Morgan fingerprint density at radius 1 is 1.58 bits per heavy atom. The van der Waals surface area contributed by atoms with Crippen molar-refractivity contribution in [3.8, 4) is 0 Å². The van der Waals surface area contributed by atoms with Crippen molar-refractivity contribution in [2.24, 2.45) is 7.05 Å².